The van der Waals surface area contributed by atoms with Crippen molar-refractivity contribution in [3.05, 3.63) is 65.5 Å². The van der Waals surface area contributed by atoms with Gasteiger partial charge in [-0.3, -0.25) is 9.88 Å². The molecule has 1 heterocycles. The first-order valence-corrected chi connectivity index (χ1v) is 8.20. The van der Waals surface area contributed by atoms with Crippen molar-refractivity contribution in [2.45, 2.75) is 31.7 Å². The molecule has 1 aliphatic rings. The average molecular weight is 296 g/mol. The van der Waals surface area contributed by atoms with Crippen molar-refractivity contribution >= 4 is 0 Å². The summed E-state index contributed by atoms with van der Waals surface area (Å²) in [5.41, 5.74) is 4.24. The van der Waals surface area contributed by atoms with Crippen LogP contribution in [0.15, 0.2) is 48.8 Å². The number of hydrogen-bond donors (Lipinski definition) is 1. The molecule has 1 N–H and O–H groups in total. The van der Waals surface area contributed by atoms with E-state index >= 15 is 0 Å². The van der Waals surface area contributed by atoms with E-state index in [1.54, 1.807) is 0 Å². The number of fused-ring (bicyclic) bond motifs is 1. The highest BCUT2D eigenvalue weighted by atomic mass is 16.3. The minimum Gasteiger partial charge on any atom is -0.395 e. The molecule has 0 saturated carbocycles. The molecule has 1 aromatic carbocycles. The summed E-state index contributed by atoms with van der Waals surface area (Å²) in [6.45, 7) is 1.93. The number of hydrogen-bond acceptors (Lipinski definition) is 3. The van der Waals surface area contributed by atoms with Gasteiger partial charge in [0.05, 0.1) is 6.61 Å². The van der Waals surface area contributed by atoms with Crippen molar-refractivity contribution in [2.75, 3.05) is 19.7 Å². The maximum Gasteiger partial charge on any atom is 0.0558 e. The minimum atomic E-state index is 0.217. The van der Waals surface area contributed by atoms with Crippen LogP contribution in [0.25, 0.3) is 0 Å². The van der Waals surface area contributed by atoms with Gasteiger partial charge in [0.1, 0.15) is 0 Å². The zero-order chi connectivity index (χ0) is 15.2. The molecule has 0 spiro atoms. The van der Waals surface area contributed by atoms with Gasteiger partial charge in [-0.2, -0.15) is 0 Å². The fourth-order valence-electron chi connectivity index (χ4n) is 3.48. The van der Waals surface area contributed by atoms with Gasteiger partial charge in [-0.05, 0) is 54.5 Å². The first-order valence-electron chi connectivity index (χ1n) is 8.20. The van der Waals surface area contributed by atoms with E-state index in [1.807, 2.05) is 12.4 Å². The first kappa shape index (κ1) is 15.2. The Bertz CT molecular complexity index is 585. The molecular weight excluding hydrogens is 272 g/mol. The van der Waals surface area contributed by atoms with Crippen LogP contribution in [0.2, 0.25) is 0 Å². The maximum atomic E-state index is 9.46. The van der Waals surface area contributed by atoms with Crippen LogP contribution in [0, 0.1) is 0 Å². The number of aliphatic hydroxyl groups is 1. The lowest BCUT2D eigenvalue weighted by Gasteiger charge is -2.35. The van der Waals surface area contributed by atoms with Crippen molar-refractivity contribution in [2.24, 2.45) is 0 Å². The van der Waals surface area contributed by atoms with E-state index in [0.29, 0.717) is 6.04 Å². The number of aromatic nitrogens is 1. The molecule has 22 heavy (non-hydrogen) atoms. The number of pyridine rings is 1. The van der Waals surface area contributed by atoms with Crippen LogP contribution in [-0.4, -0.2) is 34.7 Å². The number of nitrogens with zero attached hydrogens (tertiary/aromatic N) is 2. The zero-order valence-electron chi connectivity index (χ0n) is 13.0. The highest BCUT2D eigenvalue weighted by molar-refractivity contribution is 5.32. The predicted molar refractivity (Wildman–Crippen MR) is 88.7 cm³/mol. The van der Waals surface area contributed by atoms with Crippen molar-refractivity contribution in [3.63, 3.8) is 0 Å². The van der Waals surface area contributed by atoms with Crippen LogP contribution in [0.4, 0.5) is 0 Å². The largest absolute Gasteiger partial charge is 0.395 e. The van der Waals surface area contributed by atoms with Crippen molar-refractivity contribution in [1.82, 2.24) is 9.88 Å². The Morgan fingerprint density at radius 3 is 2.73 bits per heavy atom. The van der Waals surface area contributed by atoms with E-state index < -0.39 is 0 Å². The van der Waals surface area contributed by atoms with Crippen LogP contribution >= 0.6 is 0 Å². The SMILES string of the molecule is OCCN(CCc1ccncc1)C1CCCc2ccccc21. The van der Waals surface area contributed by atoms with Crippen molar-refractivity contribution in [1.29, 1.82) is 0 Å². The molecule has 3 rings (SSSR count). The summed E-state index contributed by atoms with van der Waals surface area (Å²) in [5.74, 6) is 0. The van der Waals surface area contributed by atoms with E-state index in [2.05, 4.69) is 46.3 Å². The monoisotopic (exact) mass is 296 g/mol. The van der Waals surface area contributed by atoms with Crippen LogP contribution in [0.3, 0.4) is 0 Å². The first-order chi connectivity index (χ1) is 10.9. The van der Waals surface area contributed by atoms with E-state index in [0.717, 1.165) is 19.5 Å². The van der Waals surface area contributed by atoms with Crippen LogP contribution in [0.1, 0.15) is 35.6 Å². The Hall–Kier alpha value is -1.71. The van der Waals surface area contributed by atoms with E-state index in [4.69, 9.17) is 0 Å². The molecular formula is C19H24N2O. The molecule has 3 heteroatoms. The summed E-state index contributed by atoms with van der Waals surface area (Å²) in [5, 5.41) is 9.46. The van der Waals surface area contributed by atoms with E-state index in [-0.39, 0.29) is 6.61 Å². The Morgan fingerprint density at radius 2 is 1.91 bits per heavy atom. The van der Waals surface area contributed by atoms with Gasteiger partial charge < -0.3 is 5.11 Å². The van der Waals surface area contributed by atoms with Gasteiger partial charge in [0.25, 0.3) is 0 Å². The molecule has 0 aliphatic heterocycles. The number of aliphatic hydroxyl groups excluding tert-OH is 1. The second-order valence-corrected chi connectivity index (χ2v) is 5.97. The summed E-state index contributed by atoms with van der Waals surface area (Å²) in [6.07, 6.45) is 8.31. The van der Waals surface area contributed by atoms with Gasteiger partial charge in [-0.1, -0.05) is 24.3 Å². The molecule has 1 unspecified atom stereocenters. The standard InChI is InChI=1S/C19H24N2O/c22-15-14-21(13-10-16-8-11-20-12-9-16)19-7-3-5-17-4-1-2-6-18(17)19/h1-2,4,6,8-9,11-12,19,22H,3,5,7,10,13-15H2. The molecule has 0 bridgehead atoms. The molecule has 0 amide bonds. The Morgan fingerprint density at radius 1 is 1.09 bits per heavy atom. The third-order valence-corrected chi connectivity index (χ3v) is 4.60. The number of aryl methyl sites for hydroxylation is 1. The highest BCUT2D eigenvalue weighted by Crippen LogP contribution is 2.34. The average Bonchev–Trinajstić information content (AvgIpc) is 2.59. The van der Waals surface area contributed by atoms with Gasteiger partial charge >= 0.3 is 0 Å². The summed E-state index contributed by atoms with van der Waals surface area (Å²) < 4.78 is 0. The lowest BCUT2D eigenvalue weighted by Crippen LogP contribution is -2.35. The van der Waals surface area contributed by atoms with Gasteiger partial charge in [0.15, 0.2) is 0 Å². The molecule has 0 radical (unpaired) electrons. The fourth-order valence-corrected chi connectivity index (χ4v) is 3.48. The lowest BCUT2D eigenvalue weighted by molar-refractivity contribution is 0.140. The van der Waals surface area contributed by atoms with Gasteiger partial charge in [0, 0.05) is 31.5 Å². The summed E-state index contributed by atoms with van der Waals surface area (Å²) >= 11 is 0. The topological polar surface area (TPSA) is 36.4 Å². The Balaban J connectivity index is 1.74. The van der Waals surface area contributed by atoms with E-state index in [1.165, 1.54) is 36.0 Å². The van der Waals surface area contributed by atoms with Gasteiger partial charge in [-0.25, -0.2) is 0 Å². The Labute approximate surface area is 132 Å². The predicted octanol–water partition coefficient (Wildman–Crippen LogP) is 3.00. The zero-order valence-corrected chi connectivity index (χ0v) is 13.0. The molecule has 0 saturated heterocycles. The number of rotatable bonds is 6. The molecule has 1 aromatic heterocycles. The quantitative estimate of drug-likeness (QED) is 0.890. The molecule has 2 aromatic rings. The fraction of sp³-hybridized carbons (Fsp3) is 0.421. The van der Waals surface area contributed by atoms with Crippen LogP contribution < -0.4 is 0 Å². The number of benzene rings is 1. The smallest absolute Gasteiger partial charge is 0.0558 e. The normalized spacial score (nSPS) is 17.5. The van der Waals surface area contributed by atoms with Gasteiger partial charge in [-0.15, -0.1) is 0 Å². The molecule has 116 valence electrons. The Kier molecular flexibility index (Phi) is 5.20. The van der Waals surface area contributed by atoms with Crippen molar-refractivity contribution < 1.29 is 5.11 Å². The molecule has 1 atom stereocenters. The third-order valence-electron chi connectivity index (χ3n) is 4.60. The van der Waals surface area contributed by atoms with Crippen LogP contribution in [0.5, 0.6) is 0 Å². The van der Waals surface area contributed by atoms with Crippen molar-refractivity contribution in [3.8, 4) is 0 Å². The van der Waals surface area contributed by atoms with E-state index in [9.17, 15) is 5.11 Å². The summed E-state index contributed by atoms with van der Waals surface area (Å²) in [6, 6.07) is 13.4. The molecule has 1 aliphatic carbocycles. The minimum absolute atomic E-state index is 0.217. The maximum absolute atomic E-state index is 9.46. The third kappa shape index (κ3) is 3.54. The van der Waals surface area contributed by atoms with Gasteiger partial charge in [0.2, 0.25) is 0 Å². The molecule has 0 fully saturated rings. The molecule has 3 nitrogen and oxygen atoms in total. The second-order valence-electron chi connectivity index (χ2n) is 5.97. The van der Waals surface area contributed by atoms with Crippen LogP contribution in [-0.2, 0) is 12.8 Å². The summed E-state index contributed by atoms with van der Waals surface area (Å²) in [4.78, 5) is 6.52. The summed E-state index contributed by atoms with van der Waals surface area (Å²) in [7, 11) is 0. The lowest BCUT2D eigenvalue weighted by atomic mass is 9.86. The highest BCUT2D eigenvalue weighted by Gasteiger charge is 2.25. The second kappa shape index (κ2) is 7.52.